The zero-order chi connectivity index (χ0) is 22.4. The van der Waals surface area contributed by atoms with Crippen molar-refractivity contribution in [2.24, 2.45) is 11.3 Å². The Morgan fingerprint density at radius 2 is 1.88 bits per heavy atom. The number of nitrogens with zero attached hydrogens (tertiary/aromatic N) is 3. The highest BCUT2D eigenvalue weighted by Crippen LogP contribution is 2.39. The van der Waals surface area contributed by atoms with Gasteiger partial charge in [-0.3, -0.25) is 9.69 Å². The molecule has 5 heteroatoms. The Hall–Kier alpha value is -1.59. The Labute approximate surface area is 195 Å². The van der Waals surface area contributed by atoms with E-state index < -0.39 is 0 Å². The maximum absolute atomic E-state index is 12.7. The number of carbonyl (C=O) groups is 1. The molecule has 4 rings (SSSR count). The van der Waals surface area contributed by atoms with Gasteiger partial charge in [0.05, 0.1) is 0 Å². The van der Waals surface area contributed by atoms with E-state index in [1.165, 1.54) is 50.8 Å². The maximum atomic E-state index is 12.7. The molecule has 0 N–H and O–H groups in total. The average Bonchev–Trinajstić information content (AvgIpc) is 3.60. The number of hydrogen-bond acceptors (Lipinski definition) is 4. The molecule has 2 aliphatic heterocycles. The molecule has 3 aliphatic rings. The minimum atomic E-state index is 0.335. The molecule has 0 aromatic heterocycles. The van der Waals surface area contributed by atoms with Gasteiger partial charge in [-0.2, -0.15) is 0 Å². The number of hydrogen-bond donors (Lipinski definition) is 0. The molecule has 1 saturated carbocycles. The largest absolute Gasteiger partial charge is 0.492 e. The summed E-state index contributed by atoms with van der Waals surface area (Å²) in [6.07, 6.45) is 10.6. The number of ether oxygens (including phenoxy) is 1. The van der Waals surface area contributed by atoms with Gasteiger partial charge in [0.1, 0.15) is 12.4 Å². The first-order chi connectivity index (χ1) is 15.5. The third-order valence-electron chi connectivity index (χ3n) is 7.76. The second-order valence-electron chi connectivity index (χ2n) is 10.8. The number of rotatable bonds is 5. The van der Waals surface area contributed by atoms with Crippen molar-refractivity contribution < 1.29 is 9.53 Å². The monoisotopic (exact) mass is 441 g/mol. The molecule has 1 amide bonds. The zero-order valence-electron chi connectivity index (χ0n) is 20.4. The van der Waals surface area contributed by atoms with Crippen LogP contribution in [0.3, 0.4) is 0 Å². The quantitative estimate of drug-likeness (QED) is 0.690. The van der Waals surface area contributed by atoms with E-state index in [0.29, 0.717) is 17.7 Å². The zero-order valence-corrected chi connectivity index (χ0v) is 20.4. The van der Waals surface area contributed by atoms with Crippen LogP contribution in [0.15, 0.2) is 24.3 Å². The summed E-state index contributed by atoms with van der Waals surface area (Å²) in [5, 5.41) is 0. The van der Waals surface area contributed by atoms with Gasteiger partial charge in [0.2, 0.25) is 5.91 Å². The Balaban J connectivity index is 1.41. The van der Waals surface area contributed by atoms with E-state index in [2.05, 4.69) is 39.0 Å². The summed E-state index contributed by atoms with van der Waals surface area (Å²) in [6.45, 7) is 6.89. The lowest BCUT2D eigenvalue weighted by molar-refractivity contribution is -0.134. The highest BCUT2D eigenvalue weighted by atomic mass is 16.5. The van der Waals surface area contributed by atoms with Gasteiger partial charge in [0.15, 0.2) is 0 Å². The first kappa shape index (κ1) is 23.6. The van der Waals surface area contributed by atoms with Crippen LogP contribution in [0, 0.1) is 11.3 Å². The molecule has 0 atom stereocenters. The van der Waals surface area contributed by atoms with Gasteiger partial charge in [-0.1, -0.05) is 24.6 Å². The van der Waals surface area contributed by atoms with Gasteiger partial charge in [-0.05, 0) is 82.0 Å². The number of carbonyl (C=O) groups excluding carboxylic acids is 1. The molecule has 178 valence electrons. The van der Waals surface area contributed by atoms with Crippen LogP contribution in [-0.2, 0) is 11.2 Å². The van der Waals surface area contributed by atoms with Crippen molar-refractivity contribution >= 4 is 5.91 Å². The van der Waals surface area contributed by atoms with Crippen LogP contribution in [0.25, 0.3) is 0 Å². The molecule has 0 radical (unpaired) electrons. The van der Waals surface area contributed by atoms with Crippen LogP contribution in [0.1, 0.15) is 56.9 Å². The van der Waals surface area contributed by atoms with Crippen molar-refractivity contribution in [3.05, 3.63) is 29.8 Å². The fraction of sp³-hybridized carbons (Fsp3) is 0.741. The minimum Gasteiger partial charge on any atom is -0.492 e. The lowest BCUT2D eigenvalue weighted by Gasteiger charge is -2.45. The standard InChI is InChI=1S/C27H43N3O2/c1-28(2)16-12-26(31)30-17-14-27(15-18-30)13-6-5-8-24-7-3-4-9-25(24)32-20-19-29(22-27)21-23-10-11-23/h3-4,7,9,23H,5-6,8,10-22H2,1-2H3. The summed E-state index contributed by atoms with van der Waals surface area (Å²) in [4.78, 5) is 19.6. The van der Waals surface area contributed by atoms with Crippen molar-refractivity contribution in [1.82, 2.24) is 14.7 Å². The number of piperidine rings is 1. The predicted molar refractivity (Wildman–Crippen MR) is 130 cm³/mol. The Morgan fingerprint density at radius 3 is 2.62 bits per heavy atom. The molecule has 1 aliphatic carbocycles. The molecular formula is C27H43N3O2. The molecule has 1 aromatic rings. The second-order valence-corrected chi connectivity index (χ2v) is 10.8. The highest BCUT2D eigenvalue weighted by Gasteiger charge is 2.38. The van der Waals surface area contributed by atoms with E-state index in [1.54, 1.807) is 0 Å². The minimum absolute atomic E-state index is 0.335. The van der Waals surface area contributed by atoms with Crippen LogP contribution >= 0.6 is 0 Å². The number of likely N-dealkylation sites (tertiary alicyclic amines) is 1. The summed E-state index contributed by atoms with van der Waals surface area (Å²) < 4.78 is 6.26. The smallest absolute Gasteiger partial charge is 0.223 e. The Bertz CT molecular complexity index is 738. The molecule has 0 unspecified atom stereocenters. The van der Waals surface area contributed by atoms with Crippen molar-refractivity contribution in [2.75, 3.05) is 60.0 Å². The topological polar surface area (TPSA) is 36.0 Å². The van der Waals surface area contributed by atoms with Crippen LogP contribution in [-0.4, -0.2) is 80.6 Å². The van der Waals surface area contributed by atoms with Crippen molar-refractivity contribution in [3.63, 3.8) is 0 Å². The van der Waals surface area contributed by atoms with Gasteiger partial charge in [-0.25, -0.2) is 0 Å². The lowest BCUT2D eigenvalue weighted by atomic mass is 9.73. The van der Waals surface area contributed by atoms with E-state index >= 15 is 0 Å². The number of para-hydroxylation sites is 1. The summed E-state index contributed by atoms with van der Waals surface area (Å²) in [7, 11) is 4.08. The molecule has 0 bridgehead atoms. The van der Waals surface area contributed by atoms with Gasteiger partial charge in [0, 0.05) is 45.7 Å². The van der Waals surface area contributed by atoms with Crippen LogP contribution in [0.4, 0.5) is 0 Å². The number of amides is 1. The molecule has 32 heavy (non-hydrogen) atoms. The van der Waals surface area contributed by atoms with Gasteiger partial charge in [0.25, 0.3) is 0 Å². The van der Waals surface area contributed by atoms with Crippen LogP contribution in [0.5, 0.6) is 5.75 Å². The fourth-order valence-corrected chi connectivity index (χ4v) is 5.52. The highest BCUT2D eigenvalue weighted by molar-refractivity contribution is 5.76. The first-order valence-corrected chi connectivity index (χ1v) is 12.9. The predicted octanol–water partition coefficient (Wildman–Crippen LogP) is 4.06. The summed E-state index contributed by atoms with van der Waals surface area (Å²) in [5.41, 5.74) is 1.71. The van der Waals surface area contributed by atoms with Crippen molar-refractivity contribution in [3.8, 4) is 5.75 Å². The molecular weight excluding hydrogens is 398 g/mol. The van der Waals surface area contributed by atoms with E-state index in [0.717, 1.165) is 63.7 Å². The fourth-order valence-electron chi connectivity index (χ4n) is 5.52. The van der Waals surface area contributed by atoms with E-state index in [9.17, 15) is 4.79 Å². The van der Waals surface area contributed by atoms with Crippen molar-refractivity contribution in [2.45, 2.75) is 57.8 Å². The first-order valence-electron chi connectivity index (χ1n) is 12.9. The maximum Gasteiger partial charge on any atom is 0.223 e. The summed E-state index contributed by atoms with van der Waals surface area (Å²) >= 11 is 0. The van der Waals surface area contributed by atoms with Gasteiger partial charge in [-0.15, -0.1) is 0 Å². The Morgan fingerprint density at radius 1 is 1.09 bits per heavy atom. The Kier molecular flexibility index (Phi) is 8.12. The lowest BCUT2D eigenvalue weighted by Crippen LogP contribution is -2.49. The molecule has 5 nitrogen and oxygen atoms in total. The number of fused-ring (bicyclic) bond motifs is 1. The molecule has 2 fully saturated rings. The molecule has 1 saturated heterocycles. The summed E-state index contributed by atoms with van der Waals surface area (Å²) in [6, 6.07) is 8.60. The number of benzene rings is 1. The van der Waals surface area contributed by atoms with Crippen molar-refractivity contribution in [1.29, 1.82) is 0 Å². The third kappa shape index (κ3) is 6.71. The van der Waals surface area contributed by atoms with Gasteiger partial charge >= 0.3 is 0 Å². The van der Waals surface area contributed by atoms with E-state index in [-0.39, 0.29) is 0 Å². The average molecular weight is 442 g/mol. The molecule has 2 heterocycles. The van der Waals surface area contributed by atoms with E-state index in [1.807, 2.05) is 14.1 Å². The van der Waals surface area contributed by atoms with E-state index in [4.69, 9.17) is 4.74 Å². The molecule has 1 spiro atoms. The van der Waals surface area contributed by atoms with Crippen LogP contribution < -0.4 is 4.74 Å². The number of aryl methyl sites for hydroxylation is 1. The summed E-state index contributed by atoms with van der Waals surface area (Å²) in [5.74, 6) is 2.31. The third-order valence-corrected chi connectivity index (χ3v) is 7.76. The molecule has 1 aromatic carbocycles. The van der Waals surface area contributed by atoms with Gasteiger partial charge < -0.3 is 14.5 Å². The second kappa shape index (κ2) is 11.0. The van der Waals surface area contributed by atoms with Crippen LogP contribution in [0.2, 0.25) is 0 Å². The normalized spacial score (nSPS) is 22.7. The SMILES string of the molecule is CN(C)CCC(=O)N1CCC2(CCCCc3ccccc3OCCN(CC3CC3)C2)CC1.